The third-order valence-corrected chi connectivity index (χ3v) is 5.63. The molecular formula is C25H28N4O. The zero-order chi connectivity index (χ0) is 20.9. The van der Waals surface area contributed by atoms with Crippen molar-refractivity contribution in [2.75, 3.05) is 31.1 Å². The quantitative estimate of drug-likeness (QED) is 0.663. The summed E-state index contributed by atoms with van der Waals surface area (Å²) in [6, 6.07) is 20.0. The molecule has 5 heteroatoms. The molecule has 2 heterocycles. The van der Waals surface area contributed by atoms with Gasteiger partial charge in [-0.25, -0.2) is 9.97 Å². The Morgan fingerprint density at radius 2 is 1.57 bits per heavy atom. The van der Waals surface area contributed by atoms with E-state index in [-0.39, 0.29) is 5.91 Å². The molecule has 0 radical (unpaired) electrons. The van der Waals surface area contributed by atoms with E-state index in [4.69, 9.17) is 4.98 Å². The van der Waals surface area contributed by atoms with Gasteiger partial charge in [0, 0.05) is 49.4 Å². The van der Waals surface area contributed by atoms with Gasteiger partial charge in [-0.3, -0.25) is 4.79 Å². The van der Waals surface area contributed by atoms with E-state index in [2.05, 4.69) is 41.1 Å². The van der Waals surface area contributed by atoms with Crippen LogP contribution in [0.1, 0.15) is 39.4 Å². The van der Waals surface area contributed by atoms with Crippen LogP contribution in [0.5, 0.6) is 0 Å². The maximum absolute atomic E-state index is 12.9. The zero-order valence-corrected chi connectivity index (χ0v) is 17.7. The van der Waals surface area contributed by atoms with Crippen LogP contribution < -0.4 is 4.90 Å². The number of aryl methyl sites for hydroxylation is 2. The molecule has 3 aromatic rings. The molecule has 1 aromatic heterocycles. The van der Waals surface area contributed by atoms with Gasteiger partial charge in [-0.15, -0.1) is 0 Å². The fraction of sp³-hybridized carbons (Fsp3) is 0.320. The first kappa shape index (κ1) is 20.1. The summed E-state index contributed by atoms with van der Waals surface area (Å²) in [5.41, 5.74) is 4.21. The Labute approximate surface area is 178 Å². The number of nitrogens with zero attached hydrogens (tertiary/aromatic N) is 4. The molecule has 0 saturated carbocycles. The second-order valence-electron chi connectivity index (χ2n) is 7.82. The number of benzene rings is 2. The Morgan fingerprint density at radius 1 is 0.867 bits per heavy atom. The van der Waals surface area contributed by atoms with Crippen molar-refractivity contribution in [1.82, 2.24) is 14.9 Å². The number of hydrogen-bond acceptors (Lipinski definition) is 4. The van der Waals surface area contributed by atoms with Crippen LogP contribution in [0.2, 0.25) is 0 Å². The average molecular weight is 401 g/mol. The van der Waals surface area contributed by atoms with Gasteiger partial charge < -0.3 is 9.80 Å². The van der Waals surface area contributed by atoms with Crippen LogP contribution in [-0.2, 0) is 6.42 Å². The van der Waals surface area contributed by atoms with Crippen molar-refractivity contribution in [2.45, 2.75) is 26.7 Å². The van der Waals surface area contributed by atoms with Gasteiger partial charge in [0.05, 0.1) is 0 Å². The molecule has 0 bridgehead atoms. The van der Waals surface area contributed by atoms with Crippen molar-refractivity contribution < 1.29 is 4.79 Å². The number of amides is 1. The van der Waals surface area contributed by atoms with E-state index < -0.39 is 0 Å². The third kappa shape index (κ3) is 4.51. The normalized spacial score (nSPS) is 14.5. The predicted molar refractivity (Wildman–Crippen MR) is 120 cm³/mol. The minimum Gasteiger partial charge on any atom is -0.354 e. The summed E-state index contributed by atoms with van der Waals surface area (Å²) in [5.74, 6) is 1.91. The molecule has 1 aliphatic rings. The first-order valence-electron chi connectivity index (χ1n) is 10.6. The van der Waals surface area contributed by atoms with Crippen molar-refractivity contribution in [2.24, 2.45) is 0 Å². The van der Waals surface area contributed by atoms with Gasteiger partial charge in [0.25, 0.3) is 5.91 Å². The van der Waals surface area contributed by atoms with E-state index in [0.717, 1.165) is 55.4 Å². The van der Waals surface area contributed by atoms with Crippen molar-refractivity contribution in [3.05, 3.63) is 88.9 Å². The number of hydrogen-bond donors (Lipinski definition) is 0. The molecule has 1 saturated heterocycles. The Balaban J connectivity index is 1.56. The van der Waals surface area contributed by atoms with E-state index in [1.165, 1.54) is 11.1 Å². The maximum atomic E-state index is 12.9. The van der Waals surface area contributed by atoms with E-state index in [1.54, 1.807) is 0 Å². The van der Waals surface area contributed by atoms with Crippen LogP contribution in [-0.4, -0.2) is 47.0 Å². The van der Waals surface area contributed by atoms with E-state index >= 15 is 0 Å². The molecule has 0 atom stereocenters. The Kier molecular flexibility index (Phi) is 6.07. The molecule has 1 fully saturated rings. The van der Waals surface area contributed by atoms with Crippen molar-refractivity contribution in [3.63, 3.8) is 0 Å². The van der Waals surface area contributed by atoms with Gasteiger partial charge in [0.2, 0.25) is 0 Å². The Morgan fingerprint density at radius 3 is 2.30 bits per heavy atom. The molecule has 0 unspecified atom stereocenters. The lowest BCUT2D eigenvalue weighted by molar-refractivity contribution is 0.0767. The lowest BCUT2D eigenvalue weighted by Gasteiger charge is -2.26. The third-order valence-electron chi connectivity index (χ3n) is 5.63. The second kappa shape index (κ2) is 9.08. The fourth-order valence-corrected chi connectivity index (χ4v) is 4.08. The van der Waals surface area contributed by atoms with E-state index in [1.807, 2.05) is 48.2 Å². The molecule has 30 heavy (non-hydrogen) atoms. The van der Waals surface area contributed by atoms with Gasteiger partial charge >= 0.3 is 0 Å². The molecule has 1 aliphatic heterocycles. The molecular weight excluding hydrogens is 372 g/mol. The summed E-state index contributed by atoms with van der Waals surface area (Å²) in [5, 5.41) is 0. The lowest BCUT2D eigenvalue weighted by atomic mass is 10.0. The molecule has 4 rings (SSSR count). The smallest absolute Gasteiger partial charge is 0.253 e. The minimum absolute atomic E-state index is 0.108. The van der Waals surface area contributed by atoms with Crippen LogP contribution in [0.25, 0.3) is 0 Å². The number of aromatic nitrogens is 2. The van der Waals surface area contributed by atoms with Gasteiger partial charge in [-0.2, -0.15) is 0 Å². The molecule has 1 amide bonds. The standard InChI is InChI=1S/C25H28N4O/c1-19-23(18-21-10-5-3-6-11-21)24(27-20(2)26-19)28-14-9-15-29(17-16-28)25(30)22-12-7-4-8-13-22/h3-8,10-13H,9,14-18H2,1-2H3. The summed E-state index contributed by atoms with van der Waals surface area (Å²) in [6.45, 7) is 7.14. The van der Waals surface area contributed by atoms with Gasteiger partial charge in [0.15, 0.2) is 0 Å². The molecule has 0 aliphatic carbocycles. The number of carbonyl (C=O) groups is 1. The van der Waals surface area contributed by atoms with Crippen LogP contribution in [0.3, 0.4) is 0 Å². The van der Waals surface area contributed by atoms with Gasteiger partial charge in [-0.05, 0) is 38.0 Å². The molecule has 154 valence electrons. The first-order chi connectivity index (χ1) is 14.6. The second-order valence-corrected chi connectivity index (χ2v) is 7.82. The largest absolute Gasteiger partial charge is 0.354 e. The average Bonchev–Trinajstić information content (AvgIpc) is 3.02. The summed E-state index contributed by atoms with van der Waals surface area (Å²) < 4.78 is 0. The van der Waals surface area contributed by atoms with Crippen molar-refractivity contribution >= 4 is 11.7 Å². The highest BCUT2D eigenvalue weighted by molar-refractivity contribution is 5.94. The Bertz CT molecular complexity index is 1000. The number of rotatable bonds is 4. The van der Waals surface area contributed by atoms with Crippen LogP contribution in [0.4, 0.5) is 5.82 Å². The maximum Gasteiger partial charge on any atom is 0.253 e. The fourth-order valence-electron chi connectivity index (χ4n) is 4.08. The monoisotopic (exact) mass is 400 g/mol. The summed E-state index contributed by atoms with van der Waals surface area (Å²) >= 11 is 0. The predicted octanol–water partition coefficient (Wildman–Crippen LogP) is 4.04. The first-order valence-corrected chi connectivity index (χ1v) is 10.6. The summed E-state index contributed by atoms with van der Waals surface area (Å²) in [4.78, 5) is 26.7. The van der Waals surface area contributed by atoms with E-state index in [9.17, 15) is 4.79 Å². The molecule has 0 N–H and O–H groups in total. The van der Waals surface area contributed by atoms with Crippen molar-refractivity contribution in [3.8, 4) is 0 Å². The van der Waals surface area contributed by atoms with E-state index in [0.29, 0.717) is 6.54 Å². The van der Waals surface area contributed by atoms with Gasteiger partial charge in [-0.1, -0.05) is 48.5 Å². The summed E-state index contributed by atoms with van der Waals surface area (Å²) in [7, 11) is 0. The number of carbonyl (C=O) groups excluding carboxylic acids is 1. The SMILES string of the molecule is Cc1nc(C)c(Cc2ccccc2)c(N2CCCN(C(=O)c3ccccc3)CC2)n1. The summed E-state index contributed by atoms with van der Waals surface area (Å²) in [6.07, 6.45) is 1.73. The van der Waals surface area contributed by atoms with Crippen molar-refractivity contribution in [1.29, 1.82) is 0 Å². The van der Waals surface area contributed by atoms with Crippen LogP contribution in [0, 0.1) is 13.8 Å². The lowest BCUT2D eigenvalue weighted by Crippen LogP contribution is -2.35. The highest BCUT2D eigenvalue weighted by Gasteiger charge is 2.23. The zero-order valence-electron chi connectivity index (χ0n) is 17.7. The molecule has 5 nitrogen and oxygen atoms in total. The Hall–Kier alpha value is -3.21. The van der Waals surface area contributed by atoms with Crippen LogP contribution in [0.15, 0.2) is 60.7 Å². The molecule has 2 aromatic carbocycles. The topological polar surface area (TPSA) is 49.3 Å². The highest BCUT2D eigenvalue weighted by Crippen LogP contribution is 2.25. The minimum atomic E-state index is 0.108. The number of anilines is 1. The highest BCUT2D eigenvalue weighted by atomic mass is 16.2. The molecule has 0 spiro atoms. The van der Waals surface area contributed by atoms with Crippen LogP contribution >= 0.6 is 0 Å². The van der Waals surface area contributed by atoms with Gasteiger partial charge in [0.1, 0.15) is 11.6 Å².